The van der Waals surface area contributed by atoms with Gasteiger partial charge in [-0.25, -0.2) is 0 Å². The Bertz CT molecular complexity index is 4600. The summed E-state index contributed by atoms with van der Waals surface area (Å²) in [6.45, 7) is 28.3. The van der Waals surface area contributed by atoms with Gasteiger partial charge in [-0.1, -0.05) is 241 Å². The average molecular weight is 1090 g/mol. The van der Waals surface area contributed by atoms with Crippen LogP contribution < -0.4 is 26.2 Å². The Morgan fingerprint density at radius 2 is 0.690 bits per heavy atom. The van der Waals surface area contributed by atoms with Crippen LogP contribution in [0.1, 0.15) is 105 Å². The van der Waals surface area contributed by atoms with Crippen molar-refractivity contribution in [3.05, 3.63) is 241 Å². The zero-order chi connectivity index (χ0) is 57.9. The summed E-state index contributed by atoms with van der Waals surface area (Å²) in [7, 11) is 0. The molecule has 410 valence electrons. The van der Waals surface area contributed by atoms with Gasteiger partial charge in [0.2, 0.25) is 0 Å². The van der Waals surface area contributed by atoms with Crippen molar-refractivity contribution in [2.45, 2.75) is 105 Å². The van der Waals surface area contributed by atoms with Crippen LogP contribution in [0.3, 0.4) is 0 Å². The van der Waals surface area contributed by atoms with Crippen LogP contribution in [0.4, 0.5) is 34.1 Å². The molecule has 13 aromatic rings. The van der Waals surface area contributed by atoms with Gasteiger partial charge in [0.15, 0.2) is 0 Å². The summed E-state index contributed by atoms with van der Waals surface area (Å²) in [4.78, 5) is 5.41. The van der Waals surface area contributed by atoms with Crippen LogP contribution in [0, 0.1) is 0 Å². The standard InChI is InChI=1S/C80H72BN3/c1-77(2,3)53-43-54(78(4,5)6)46-58(45-53)83-72-41-52(51-32-33-65-64-28-20-21-29-70(64)82(71(65)40-51)57-24-14-13-15-25-57)42-73-74(72)81(68-38-36-62-60-26-18-16-22-49(60)30-34-66(62)75(68)83)69-39-37-63-61-27-19-17-23-50(61)31-35-67(63)76(69)84(73)59-47-55(79(7,8)9)44-56(48-59)80(10,11)12/h13-48H,1-12H3. The Balaban J connectivity index is 1.14. The molecule has 0 saturated heterocycles. The van der Waals surface area contributed by atoms with E-state index in [0.717, 1.165) is 5.69 Å². The molecule has 4 heteroatoms. The second-order valence-corrected chi connectivity index (χ2v) is 28.3. The molecule has 2 aliphatic heterocycles. The number of rotatable bonds is 4. The van der Waals surface area contributed by atoms with Gasteiger partial charge in [0.05, 0.1) is 11.0 Å². The molecule has 12 aromatic carbocycles. The third kappa shape index (κ3) is 8.07. The van der Waals surface area contributed by atoms with Gasteiger partial charge in [0.1, 0.15) is 0 Å². The number of hydrogen-bond donors (Lipinski definition) is 0. The molecular formula is C80H72BN3. The van der Waals surface area contributed by atoms with Gasteiger partial charge in [-0.05, 0) is 164 Å². The van der Waals surface area contributed by atoms with E-state index >= 15 is 0 Å². The lowest BCUT2D eigenvalue weighted by Crippen LogP contribution is -2.61. The van der Waals surface area contributed by atoms with Gasteiger partial charge in [-0.2, -0.15) is 0 Å². The molecule has 0 atom stereocenters. The Kier molecular flexibility index (Phi) is 11.3. The highest BCUT2D eigenvalue weighted by molar-refractivity contribution is 7.01. The molecule has 0 aliphatic carbocycles. The molecule has 0 unspecified atom stereocenters. The van der Waals surface area contributed by atoms with Gasteiger partial charge in [-0.15, -0.1) is 0 Å². The Morgan fingerprint density at radius 3 is 1.17 bits per heavy atom. The largest absolute Gasteiger partial charge is 0.311 e. The van der Waals surface area contributed by atoms with Crippen LogP contribution >= 0.6 is 0 Å². The molecule has 0 radical (unpaired) electrons. The van der Waals surface area contributed by atoms with E-state index in [-0.39, 0.29) is 28.4 Å². The number of benzene rings is 12. The lowest BCUT2D eigenvalue weighted by atomic mass is 9.33. The topological polar surface area (TPSA) is 11.4 Å². The number of anilines is 6. The van der Waals surface area contributed by atoms with Gasteiger partial charge in [-0.3, -0.25) is 0 Å². The molecule has 84 heavy (non-hydrogen) atoms. The van der Waals surface area contributed by atoms with E-state index in [1.54, 1.807) is 0 Å². The third-order valence-electron chi connectivity index (χ3n) is 18.7. The summed E-state index contributed by atoms with van der Waals surface area (Å²) in [6.07, 6.45) is 0. The smallest absolute Gasteiger partial charge is 0.252 e. The maximum absolute atomic E-state index is 2.71. The monoisotopic (exact) mass is 1090 g/mol. The van der Waals surface area contributed by atoms with Crippen molar-refractivity contribution in [1.29, 1.82) is 0 Å². The number of fused-ring (bicyclic) bond motifs is 15. The second kappa shape index (κ2) is 18.3. The normalized spacial score (nSPS) is 13.6. The minimum absolute atomic E-state index is 0.114. The van der Waals surface area contributed by atoms with Gasteiger partial charge in [0.25, 0.3) is 6.71 Å². The molecule has 0 saturated carbocycles. The third-order valence-corrected chi connectivity index (χ3v) is 18.7. The second-order valence-electron chi connectivity index (χ2n) is 28.3. The molecule has 0 amide bonds. The van der Waals surface area contributed by atoms with Crippen molar-refractivity contribution in [3.8, 4) is 16.8 Å². The first-order valence-corrected chi connectivity index (χ1v) is 30.3. The van der Waals surface area contributed by atoms with E-state index in [1.807, 2.05) is 0 Å². The van der Waals surface area contributed by atoms with Crippen LogP contribution in [0.15, 0.2) is 218 Å². The van der Waals surface area contributed by atoms with E-state index in [1.165, 1.54) is 149 Å². The van der Waals surface area contributed by atoms with Crippen LogP contribution in [0.2, 0.25) is 0 Å². The molecule has 1 aromatic heterocycles. The molecule has 0 spiro atoms. The average Bonchev–Trinajstić information content (AvgIpc) is 0.844. The predicted octanol–water partition coefficient (Wildman–Crippen LogP) is 20.3. The van der Waals surface area contributed by atoms with Crippen LogP contribution in [-0.2, 0) is 21.7 Å². The Hall–Kier alpha value is -8.86. The minimum Gasteiger partial charge on any atom is -0.311 e. The molecule has 0 N–H and O–H groups in total. The Morgan fingerprint density at radius 1 is 0.286 bits per heavy atom. The van der Waals surface area contributed by atoms with Crippen molar-refractivity contribution in [1.82, 2.24) is 4.57 Å². The van der Waals surface area contributed by atoms with E-state index in [2.05, 4.69) is 316 Å². The molecule has 3 heterocycles. The van der Waals surface area contributed by atoms with E-state index in [9.17, 15) is 0 Å². The van der Waals surface area contributed by atoms with Crippen molar-refractivity contribution in [2.75, 3.05) is 9.80 Å². The van der Waals surface area contributed by atoms with Crippen LogP contribution in [-0.4, -0.2) is 11.3 Å². The zero-order valence-electron chi connectivity index (χ0n) is 50.7. The number of aromatic nitrogens is 1. The van der Waals surface area contributed by atoms with Crippen molar-refractivity contribution in [2.24, 2.45) is 0 Å². The fourth-order valence-electron chi connectivity index (χ4n) is 14.1. The SMILES string of the molecule is CC(C)(C)c1cc(N2c3cc(-c4ccc5c6ccccc6n(-c6ccccc6)c5c4)cc4c3B(c3ccc5c(ccc6ccccc65)c32)c2ccc3c(ccc5ccccc53)c2N4c2cc(C(C)(C)C)cc(C(C)(C)C)c2)cc(C(C)(C)C)c1. The predicted molar refractivity (Wildman–Crippen MR) is 365 cm³/mol. The van der Waals surface area contributed by atoms with Gasteiger partial charge < -0.3 is 14.4 Å². The number of nitrogens with zero attached hydrogens (tertiary/aromatic N) is 3. The van der Waals surface area contributed by atoms with Crippen molar-refractivity contribution >= 4 is 122 Å². The van der Waals surface area contributed by atoms with E-state index < -0.39 is 0 Å². The van der Waals surface area contributed by atoms with Crippen molar-refractivity contribution < 1.29 is 0 Å². The maximum atomic E-state index is 2.71. The van der Waals surface area contributed by atoms with E-state index in [4.69, 9.17) is 0 Å². The first-order valence-electron chi connectivity index (χ1n) is 30.3. The molecule has 3 nitrogen and oxygen atoms in total. The summed E-state index contributed by atoms with van der Waals surface area (Å²) in [6, 6.07) is 84.4. The zero-order valence-corrected chi connectivity index (χ0v) is 50.7. The van der Waals surface area contributed by atoms with Crippen molar-refractivity contribution in [3.63, 3.8) is 0 Å². The minimum atomic E-state index is -0.121. The molecular weight excluding hydrogens is 1010 g/mol. The highest BCUT2D eigenvalue weighted by Gasteiger charge is 2.46. The van der Waals surface area contributed by atoms with Gasteiger partial charge >= 0.3 is 0 Å². The summed E-state index contributed by atoms with van der Waals surface area (Å²) in [5.41, 5.74) is 21.9. The summed E-state index contributed by atoms with van der Waals surface area (Å²) < 4.78 is 2.46. The van der Waals surface area contributed by atoms with Crippen LogP contribution in [0.25, 0.3) is 81.7 Å². The van der Waals surface area contributed by atoms with E-state index in [0.29, 0.717) is 0 Å². The lowest BCUT2D eigenvalue weighted by molar-refractivity contribution is 0.568. The Labute approximate surface area is 495 Å². The lowest BCUT2D eigenvalue weighted by Gasteiger charge is -2.46. The highest BCUT2D eigenvalue weighted by atomic mass is 15.2. The summed E-state index contributed by atoms with van der Waals surface area (Å²) in [5, 5.41) is 12.5. The maximum Gasteiger partial charge on any atom is 0.252 e. The molecule has 2 aliphatic rings. The molecule has 15 rings (SSSR count). The highest BCUT2D eigenvalue weighted by Crippen LogP contribution is 2.52. The van der Waals surface area contributed by atoms with Crippen LogP contribution in [0.5, 0.6) is 0 Å². The summed E-state index contributed by atoms with van der Waals surface area (Å²) in [5.74, 6) is 0. The fraction of sp³-hybridized carbons (Fsp3) is 0.200. The summed E-state index contributed by atoms with van der Waals surface area (Å²) >= 11 is 0. The fourth-order valence-corrected chi connectivity index (χ4v) is 14.1. The quantitative estimate of drug-likeness (QED) is 0.129. The first kappa shape index (κ1) is 52.0. The molecule has 0 bridgehead atoms. The first-order chi connectivity index (χ1) is 40.2. The molecule has 0 fully saturated rings. The number of hydrogen-bond acceptors (Lipinski definition) is 2. The van der Waals surface area contributed by atoms with Gasteiger partial charge in [0, 0.05) is 61.4 Å². The number of para-hydroxylation sites is 2.